The lowest BCUT2D eigenvalue weighted by atomic mass is 9.98. The molecule has 0 saturated carbocycles. The molecule has 1 aromatic rings. The van der Waals surface area contributed by atoms with Crippen LogP contribution in [0.3, 0.4) is 0 Å². The Hall–Kier alpha value is -1.15. The highest BCUT2D eigenvalue weighted by Crippen LogP contribution is 2.25. The van der Waals surface area contributed by atoms with E-state index >= 15 is 0 Å². The van der Waals surface area contributed by atoms with E-state index in [0.717, 1.165) is 16.0 Å². The maximum absolute atomic E-state index is 13.2. The molecule has 1 heterocycles. The van der Waals surface area contributed by atoms with Crippen molar-refractivity contribution in [3.05, 3.63) is 52.3 Å². The molecule has 2 heteroatoms. The average Bonchev–Trinajstić information content (AvgIpc) is 2.64. The fourth-order valence-electron chi connectivity index (χ4n) is 1.22. The summed E-state index contributed by atoms with van der Waals surface area (Å²) in [6, 6.07) is 3.96. The maximum atomic E-state index is 13.2. The van der Waals surface area contributed by atoms with Crippen LogP contribution < -0.4 is 0 Å². The largest absolute Gasteiger partial charge is 0.243 e. The minimum absolute atomic E-state index is 0.496. The summed E-state index contributed by atoms with van der Waals surface area (Å²) < 4.78 is 13.2. The van der Waals surface area contributed by atoms with Gasteiger partial charge in [-0.05, 0) is 42.5 Å². The molecule has 0 bridgehead atoms. The van der Waals surface area contributed by atoms with Crippen molar-refractivity contribution < 1.29 is 4.39 Å². The molecule has 1 atom stereocenters. The van der Waals surface area contributed by atoms with Gasteiger partial charge in [-0.15, -0.1) is 11.3 Å². The van der Waals surface area contributed by atoms with Gasteiger partial charge in [-0.2, -0.15) is 0 Å². The first-order chi connectivity index (χ1) is 7.02. The molecule has 1 aromatic heterocycles. The van der Waals surface area contributed by atoms with E-state index in [-0.39, 0.29) is 0 Å². The predicted octanol–water partition coefficient (Wildman–Crippen LogP) is 4.62. The van der Waals surface area contributed by atoms with Gasteiger partial charge in [0.05, 0.1) is 0 Å². The van der Waals surface area contributed by atoms with E-state index in [4.69, 9.17) is 0 Å². The second-order valence-electron chi connectivity index (χ2n) is 3.50. The summed E-state index contributed by atoms with van der Waals surface area (Å²) in [6.45, 7) is 11.0. The predicted molar refractivity (Wildman–Crippen MR) is 66.8 cm³/mol. The Kier molecular flexibility index (Phi) is 4.04. The van der Waals surface area contributed by atoms with E-state index in [1.54, 1.807) is 11.3 Å². The molecule has 0 radical (unpaired) electrons. The topological polar surface area (TPSA) is 0 Å². The monoisotopic (exact) mass is 222 g/mol. The summed E-state index contributed by atoms with van der Waals surface area (Å²) in [4.78, 5) is 1.09. The Morgan fingerprint density at radius 3 is 2.60 bits per heavy atom. The van der Waals surface area contributed by atoms with Crippen LogP contribution >= 0.6 is 11.3 Å². The molecule has 0 aliphatic carbocycles. The normalized spacial score (nSPS) is 13.7. The molecule has 0 saturated heterocycles. The molecular formula is C13H15FS. The summed E-state index contributed by atoms with van der Waals surface area (Å²) in [5, 5.41) is 1.99. The molecule has 0 aliphatic heterocycles. The number of thiophene rings is 1. The Bertz CT molecular complexity index is 383. The molecule has 0 aromatic carbocycles. The lowest BCUT2D eigenvalue weighted by Gasteiger charge is -2.11. The first-order valence-electron chi connectivity index (χ1n) is 4.76. The van der Waals surface area contributed by atoms with Crippen molar-refractivity contribution in [3.8, 4) is 0 Å². The smallest absolute Gasteiger partial charge is 0.122 e. The second kappa shape index (κ2) is 5.08. The van der Waals surface area contributed by atoms with Gasteiger partial charge < -0.3 is 0 Å². The molecule has 0 nitrogen and oxygen atoms in total. The highest BCUT2D eigenvalue weighted by Gasteiger charge is 2.10. The summed E-state index contributed by atoms with van der Waals surface area (Å²) in [6.07, 6.45) is 0.902. The molecule has 0 aliphatic rings. The third kappa shape index (κ3) is 3.17. The van der Waals surface area contributed by atoms with Crippen LogP contribution in [0.25, 0.3) is 6.08 Å². The van der Waals surface area contributed by atoms with Gasteiger partial charge >= 0.3 is 0 Å². The lowest BCUT2D eigenvalue weighted by Crippen LogP contribution is -2.01. The first-order valence-corrected chi connectivity index (χ1v) is 5.64. The Labute approximate surface area is 94.5 Å². The standard InChI is InChI=1S/C13H15FS/c1-9(2)13(10(3)11(4)14)8-12-6-5-7-15-12/h5-8,11H,1,3H2,2,4H3/b13-8+. The first kappa shape index (κ1) is 11.9. The van der Waals surface area contributed by atoms with Crippen LogP contribution in [-0.2, 0) is 0 Å². The molecule has 15 heavy (non-hydrogen) atoms. The number of halogens is 1. The maximum Gasteiger partial charge on any atom is 0.122 e. The molecule has 0 N–H and O–H groups in total. The van der Waals surface area contributed by atoms with E-state index in [9.17, 15) is 4.39 Å². The number of alkyl halides is 1. The fourth-order valence-corrected chi connectivity index (χ4v) is 1.88. The average molecular weight is 222 g/mol. The Morgan fingerprint density at radius 2 is 2.20 bits per heavy atom. The molecule has 0 fully saturated rings. The number of hydrogen-bond acceptors (Lipinski definition) is 1. The molecule has 80 valence electrons. The van der Waals surface area contributed by atoms with Crippen LogP contribution in [0, 0.1) is 0 Å². The van der Waals surface area contributed by atoms with E-state index in [2.05, 4.69) is 13.2 Å². The van der Waals surface area contributed by atoms with E-state index in [1.165, 1.54) is 6.92 Å². The van der Waals surface area contributed by atoms with Gasteiger partial charge in [-0.25, -0.2) is 4.39 Å². The summed E-state index contributed by atoms with van der Waals surface area (Å²) in [5.41, 5.74) is 2.15. The van der Waals surface area contributed by atoms with Crippen molar-refractivity contribution in [2.45, 2.75) is 20.0 Å². The van der Waals surface area contributed by atoms with Gasteiger partial charge in [0.15, 0.2) is 0 Å². The SMILES string of the molecule is C=C(C)/C(=C\c1cccs1)C(=C)C(C)F. The van der Waals surface area contributed by atoms with Crippen LogP contribution in [0.4, 0.5) is 4.39 Å². The van der Waals surface area contributed by atoms with Gasteiger partial charge in [0.2, 0.25) is 0 Å². The minimum Gasteiger partial charge on any atom is -0.243 e. The van der Waals surface area contributed by atoms with Crippen molar-refractivity contribution >= 4 is 17.4 Å². The van der Waals surface area contributed by atoms with Gasteiger partial charge in [-0.3, -0.25) is 0 Å². The highest BCUT2D eigenvalue weighted by molar-refractivity contribution is 7.10. The van der Waals surface area contributed by atoms with E-state index in [0.29, 0.717) is 5.57 Å². The number of rotatable bonds is 4. The quantitative estimate of drug-likeness (QED) is 0.652. The summed E-state index contributed by atoms with van der Waals surface area (Å²) >= 11 is 1.62. The van der Waals surface area contributed by atoms with Gasteiger partial charge in [0.1, 0.15) is 6.17 Å². The van der Waals surface area contributed by atoms with Crippen LogP contribution in [0.15, 0.2) is 47.4 Å². The third-order valence-corrected chi connectivity index (χ3v) is 2.94. The summed E-state index contributed by atoms with van der Waals surface area (Å²) in [5.74, 6) is 0. The zero-order valence-electron chi connectivity index (χ0n) is 9.09. The van der Waals surface area contributed by atoms with Crippen molar-refractivity contribution in [2.24, 2.45) is 0 Å². The van der Waals surface area contributed by atoms with Crippen molar-refractivity contribution in [1.82, 2.24) is 0 Å². The summed E-state index contributed by atoms with van der Waals surface area (Å²) in [7, 11) is 0. The molecule has 1 rings (SSSR count). The van der Waals surface area contributed by atoms with Gasteiger partial charge in [0.25, 0.3) is 0 Å². The Balaban J connectivity index is 3.03. The fraction of sp³-hybridized carbons (Fsp3) is 0.231. The van der Waals surface area contributed by atoms with Crippen LogP contribution in [0.2, 0.25) is 0 Å². The minimum atomic E-state index is -1.03. The molecule has 0 amide bonds. The Morgan fingerprint density at radius 1 is 1.53 bits per heavy atom. The van der Waals surface area contributed by atoms with E-state index < -0.39 is 6.17 Å². The van der Waals surface area contributed by atoms with Crippen molar-refractivity contribution in [1.29, 1.82) is 0 Å². The molecule has 1 unspecified atom stereocenters. The lowest BCUT2D eigenvalue weighted by molar-refractivity contribution is 0.416. The zero-order valence-corrected chi connectivity index (χ0v) is 9.90. The number of allylic oxidation sites excluding steroid dienone is 3. The van der Waals surface area contributed by atoms with Crippen LogP contribution in [-0.4, -0.2) is 6.17 Å². The van der Waals surface area contributed by atoms with Crippen molar-refractivity contribution in [3.63, 3.8) is 0 Å². The number of hydrogen-bond donors (Lipinski definition) is 0. The molecule has 0 spiro atoms. The van der Waals surface area contributed by atoms with E-state index in [1.807, 2.05) is 30.5 Å². The second-order valence-corrected chi connectivity index (χ2v) is 4.47. The van der Waals surface area contributed by atoms with Crippen molar-refractivity contribution in [2.75, 3.05) is 0 Å². The van der Waals surface area contributed by atoms with Crippen LogP contribution in [0.1, 0.15) is 18.7 Å². The highest BCUT2D eigenvalue weighted by atomic mass is 32.1. The zero-order chi connectivity index (χ0) is 11.4. The van der Waals surface area contributed by atoms with Gasteiger partial charge in [0, 0.05) is 4.88 Å². The van der Waals surface area contributed by atoms with Crippen LogP contribution in [0.5, 0.6) is 0 Å². The van der Waals surface area contributed by atoms with Gasteiger partial charge in [-0.1, -0.05) is 24.8 Å². The third-order valence-electron chi connectivity index (χ3n) is 2.12. The molecular weight excluding hydrogens is 207 g/mol.